The smallest absolute Gasteiger partial charge is 0.119 e. The van der Waals surface area contributed by atoms with Crippen LogP contribution >= 0.6 is 15.9 Å². The fraction of sp³-hybridized carbons (Fsp3) is 0.600. The summed E-state index contributed by atoms with van der Waals surface area (Å²) in [6, 6.07) is 7.20. The molecule has 4 heteroatoms. The van der Waals surface area contributed by atoms with E-state index in [2.05, 4.69) is 33.0 Å². The third-order valence-electron chi connectivity index (χ3n) is 4.64. The number of ether oxygens (including phenoxy) is 1. The van der Waals surface area contributed by atoms with Gasteiger partial charge in [-0.1, -0.05) is 15.9 Å². The minimum Gasteiger partial charge on any atom is -0.497 e. The number of piperidine rings is 1. The predicted molar refractivity (Wildman–Crippen MR) is 80.3 cm³/mol. The van der Waals surface area contributed by atoms with Crippen LogP contribution in [0, 0.1) is 5.92 Å². The topological polar surface area (TPSA) is 38.5 Å². The highest BCUT2D eigenvalue weighted by Gasteiger charge is 2.41. The first-order chi connectivity index (χ1) is 9.22. The molecule has 1 heterocycles. The van der Waals surface area contributed by atoms with Crippen LogP contribution in [0.15, 0.2) is 22.7 Å². The van der Waals surface area contributed by atoms with Gasteiger partial charge in [-0.05, 0) is 48.9 Å². The Labute approximate surface area is 123 Å². The molecule has 3 atom stereocenters. The van der Waals surface area contributed by atoms with Crippen molar-refractivity contribution >= 4 is 15.9 Å². The highest BCUT2D eigenvalue weighted by molar-refractivity contribution is 9.10. The van der Waals surface area contributed by atoms with Crippen LogP contribution in [0.3, 0.4) is 0 Å². The van der Waals surface area contributed by atoms with Gasteiger partial charge in [-0.15, -0.1) is 0 Å². The van der Waals surface area contributed by atoms with E-state index in [-0.39, 0.29) is 0 Å². The maximum absolute atomic E-state index is 6.07. The van der Waals surface area contributed by atoms with Crippen LogP contribution in [0.2, 0.25) is 0 Å². The Hall–Kier alpha value is -0.580. The van der Waals surface area contributed by atoms with Gasteiger partial charge in [0.15, 0.2) is 0 Å². The van der Waals surface area contributed by atoms with Gasteiger partial charge >= 0.3 is 0 Å². The second-order valence-electron chi connectivity index (χ2n) is 5.67. The van der Waals surface area contributed by atoms with Crippen LogP contribution in [-0.2, 0) is 0 Å². The van der Waals surface area contributed by atoms with Crippen LogP contribution in [0.4, 0.5) is 0 Å². The summed E-state index contributed by atoms with van der Waals surface area (Å²) < 4.78 is 6.48. The Morgan fingerprint density at radius 1 is 1.47 bits per heavy atom. The van der Waals surface area contributed by atoms with Crippen LogP contribution in [0.25, 0.3) is 0 Å². The van der Waals surface area contributed by atoms with E-state index in [1.165, 1.54) is 31.4 Å². The molecule has 3 rings (SSSR count). The molecule has 1 saturated heterocycles. The van der Waals surface area contributed by atoms with Gasteiger partial charge in [0.1, 0.15) is 5.75 Å². The lowest BCUT2D eigenvalue weighted by atomic mass is 10.0. The zero-order valence-electron chi connectivity index (χ0n) is 11.3. The number of nitrogens with two attached hydrogens (primary N) is 1. The number of benzene rings is 1. The second kappa shape index (κ2) is 5.43. The fourth-order valence-electron chi connectivity index (χ4n) is 3.69. The van der Waals surface area contributed by atoms with E-state index in [0.717, 1.165) is 22.2 Å². The summed E-state index contributed by atoms with van der Waals surface area (Å²) in [5.74, 6) is 1.80. The van der Waals surface area contributed by atoms with Crippen molar-refractivity contribution in [2.45, 2.75) is 31.3 Å². The van der Waals surface area contributed by atoms with Crippen LogP contribution in [0.5, 0.6) is 5.75 Å². The Bertz CT molecular complexity index is 465. The highest BCUT2D eigenvalue weighted by atomic mass is 79.9. The van der Waals surface area contributed by atoms with E-state index in [1.807, 2.05) is 6.07 Å². The molecule has 2 bridgehead atoms. The molecule has 1 aliphatic carbocycles. The summed E-state index contributed by atoms with van der Waals surface area (Å²) in [6.07, 6.45) is 4.10. The molecule has 0 aromatic heterocycles. The number of hydrogen-bond acceptors (Lipinski definition) is 3. The van der Waals surface area contributed by atoms with Crippen molar-refractivity contribution in [3.05, 3.63) is 28.2 Å². The average molecular weight is 325 g/mol. The minimum absolute atomic E-state index is 0.305. The van der Waals surface area contributed by atoms with Crippen molar-refractivity contribution in [3.8, 4) is 5.75 Å². The molecule has 1 aromatic rings. The van der Waals surface area contributed by atoms with Gasteiger partial charge in [-0.2, -0.15) is 0 Å². The van der Waals surface area contributed by atoms with Crippen molar-refractivity contribution in [1.29, 1.82) is 0 Å². The number of hydrogen-bond donors (Lipinski definition) is 1. The average Bonchev–Trinajstić information content (AvgIpc) is 3.04. The molecular formula is C15H21BrN2O. The molecule has 19 heavy (non-hydrogen) atoms. The van der Waals surface area contributed by atoms with Gasteiger partial charge in [-0.3, -0.25) is 4.90 Å². The normalized spacial score (nSPS) is 27.7. The monoisotopic (exact) mass is 324 g/mol. The van der Waals surface area contributed by atoms with Crippen molar-refractivity contribution < 1.29 is 4.74 Å². The number of rotatable bonds is 4. The van der Waals surface area contributed by atoms with Crippen molar-refractivity contribution in [2.24, 2.45) is 11.7 Å². The second-order valence-corrected chi connectivity index (χ2v) is 6.52. The molecule has 0 amide bonds. The number of fused-ring (bicyclic) bond motifs is 2. The van der Waals surface area contributed by atoms with Crippen LogP contribution < -0.4 is 10.5 Å². The third-order valence-corrected chi connectivity index (χ3v) is 5.36. The molecule has 104 valence electrons. The van der Waals surface area contributed by atoms with E-state index in [9.17, 15) is 0 Å². The number of methoxy groups -OCH3 is 1. The largest absolute Gasteiger partial charge is 0.497 e. The molecular weight excluding hydrogens is 304 g/mol. The summed E-state index contributed by atoms with van der Waals surface area (Å²) in [4.78, 5) is 2.60. The molecule has 1 aliphatic heterocycles. The molecule has 0 radical (unpaired) electrons. The van der Waals surface area contributed by atoms with Gasteiger partial charge in [0.25, 0.3) is 0 Å². The first-order valence-electron chi connectivity index (χ1n) is 7.02. The van der Waals surface area contributed by atoms with Gasteiger partial charge in [0.2, 0.25) is 0 Å². The standard InChI is InChI=1S/C15H21BrN2O/c1-19-12-4-5-14(16)13(7-12)15(8-17)18-9-10-2-3-11(18)6-10/h4-5,7,10-11,15H,2-3,6,8-9,17H2,1H3. The Kier molecular flexibility index (Phi) is 3.83. The SMILES string of the molecule is COc1ccc(Br)c(C(CN)N2CC3CCC2C3)c1. The Morgan fingerprint density at radius 2 is 2.32 bits per heavy atom. The first-order valence-corrected chi connectivity index (χ1v) is 7.81. The maximum Gasteiger partial charge on any atom is 0.119 e. The molecule has 3 nitrogen and oxygen atoms in total. The van der Waals surface area contributed by atoms with Crippen LogP contribution in [0.1, 0.15) is 30.9 Å². The molecule has 0 spiro atoms. The van der Waals surface area contributed by atoms with E-state index in [1.54, 1.807) is 7.11 Å². The van der Waals surface area contributed by atoms with Crippen molar-refractivity contribution in [3.63, 3.8) is 0 Å². The number of nitrogens with zero attached hydrogens (tertiary/aromatic N) is 1. The molecule has 1 aromatic carbocycles. The van der Waals surface area contributed by atoms with E-state index >= 15 is 0 Å². The third kappa shape index (κ3) is 2.41. The van der Waals surface area contributed by atoms with E-state index in [0.29, 0.717) is 12.6 Å². The summed E-state index contributed by atoms with van der Waals surface area (Å²) >= 11 is 3.66. The molecule has 3 unspecified atom stereocenters. The fourth-order valence-corrected chi connectivity index (χ4v) is 4.20. The number of likely N-dealkylation sites (tertiary alicyclic amines) is 1. The zero-order valence-corrected chi connectivity index (χ0v) is 12.9. The minimum atomic E-state index is 0.305. The highest BCUT2D eigenvalue weighted by Crippen LogP contribution is 2.43. The van der Waals surface area contributed by atoms with Crippen LogP contribution in [-0.4, -0.2) is 31.1 Å². The molecule has 2 aliphatic rings. The Balaban J connectivity index is 1.89. The lowest BCUT2D eigenvalue weighted by molar-refractivity contribution is 0.152. The summed E-state index contributed by atoms with van der Waals surface area (Å²) in [6.45, 7) is 1.87. The summed E-state index contributed by atoms with van der Waals surface area (Å²) in [7, 11) is 1.71. The van der Waals surface area contributed by atoms with Gasteiger partial charge in [-0.25, -0.2) is 0 Å². The lowest BCUT2D eigenvalue weighted by Crippen LogP contribution is -2.39. The predicted octanol–water partition coefficient (Wildman–Crippen LogP) is 2.94. The summed E-state index contributed by atoms with van der Waals surface area (Å²) in [5, 5.41) is 0. The molecule has 1 saturated carbocycles. The maximum atomic E-state index is 6.07. The Morgan fingerprint density at radius 3 is 2.89 bits per heavy atom. The van der Waals surface area contributed by atoms with E-state index in [4.69, 9.17) is 10.5 Å². The van der Waals surface area contributed by atoms with Crippen molar-refractivity contribution in [2.75, 3.05) is 20.2 Å². The van der Waals surface area contributed by atoms with E-state index < -0.39 is 0 Å². The quantitative estimate of drug-likeness (QED) is 0.925. The van der Waals surface area contributed by atoms with Gasteiger partial charge in [0, 0.05) is 29.6 Å². The van der Waals surface area contributed by atoms with Gasteiger partial charge in [0.05, 0.1) is 7.11 Å². The van der Waals surface area contributed by atoms with Crippen molar-refractivity contribution in [1.82, 2.24) is 4.90 Å². The lowest BCUT2D eigenvalue weighted by Gasteiger charge is -2.35. The number of halogens is 1. The first kappa shape index (κ1) is 13.4. The molecule has 2 N–H and O–H groups in total. The zero-order chi connectivity index (χ0) is 13.4. The summed E-state index contributed by atoms with van der Waals surface area (Å²) in [5.41, 5.74) is 7.33. The van der Waals surface area contributed by atoms with Gasteiger partial charge < -0.3 is 10.5 Å². The molecule has 2 fully saturated rings.